The average Bonchev–Trinajstić information content (AvgIpc) is 3.60. The van der Waals surface area contributed by atoms with Crippen LogP contribution in [-0.2, 0) is 23.7 Å². The molecule has 0 bridgehead atoms. The molecule has 1 saturated carbocycles. The molecule has 4 saturated heterocycles. The molecule has 0 unspecified atom stereocenters. The van der Waals surface area contributed by atoms with E-state index in [4.69, 9.17) is 18.9 Å². The Morgan fingerprint density at radius 3 is 2.53 bits per heavy atom. The van der Waals surface area contributed by atoms with Crippen LogP contribution in [0.25, 0.3) is 0 Å². The van der Waals surface area contributed by atoms with Gasteiger partial charge in [-0.15, -0.1) is 0 Å². The van der Waals surface area contributed by atoms with Gasteiger partial charge in [-0.3, -0.25) is 4.79 Å². The van der Waals surface area contributed by atoms with Crippen molar-refractivity contribution in [2.45, 2.75) is 114 Å². The third kappa shape index (κ3) is 5.43. The summed E-state index contributed by atoms with van der Waals surface area (Å²) in [5.41, 5.74) is 0. The lowest BCUT2D eigenvalue weighted by atomic mass is 10.0. The van der Waals surface area contributed by atoms with Gasteiger partial charge in [0.2, 0.25) is 5.91 Å². The molecule has 1 amide bonds. The van der Waals surface area contributed by atoms with Gasteiger partial charge in [-0.1, -0.05) is 12.8 Å². The van der Waals surface area contributed by atoms with Crippen molar-refractivity contribution in [3.63, 3.8) is 0 Å². The van der Waals surface area contributed by atoms with Gasteiger partial charge in [-0.05, 0) is 65.5 Å². The van der Waals surface area contributed by atoms with Gasteiger partial charge in [-0.2, -0.15) is 5.26 Å². The van der Waals surface area contributed by atoms with Crippen LogP contribution in [0.3, 0.4) is 0 Å². The molecule has 5 fully saturated rings. The van der Waals surface area contributed by atoms with Crippen LogP contribution in [0.15, 0.2) is 0 Å². The van der Waals surface area contributed by atoms with Crippen LogP contribution < -0.4 is 5.32 Å². The first-order valence-electron chi connectivity index (χ1n) is 13.2. The van der Waals surface area contributed by atoms with Gasteiger partial charge >= 0.3 is 0 Å². The minimum Gasteiger partial charge on any atom is -0.347 e. The number of nitriles is 1. The summed E-state index contributed by atoms with van der Waals surface area (Å²) in [6, 6.07) is 2.32. The Morgan fingerprint density at radius 2 is 1.79 bits per heavy atom. The fourth-order valence-corrected chi connectivity index (χ4v) is 6.22. The van der Waals surface area contributed by atoms with Crippen molar-refractivity contribution in [3.8, 4) is 6.07 Å². The molecule has 4 heterocycles. The van der Waals surface area contributed by atoms with Gasteiger partial charge in [-0.25, -0.2) is 0 Å². The number of amides is 1. The van der Waals surface area contributed by atoms with Crippen LogP contribution in [-0.4, -0.2) is 97.0 Å². The summed E-state index contributed by atoms with van der Waals surface area (Å²) in [6.45, 7) is 7.66. The number of piperidine rings is 1. The Morgan fingerprint density at radius 1 is 1.06 bits per heavy atom. The predicted octanol–water partition coefficient (Wildman–Crippen LogP) is 1.76. The third-order valence-corrected chi connectivity index (χ3v) is 8.03. The van der Waals surface area contributed by atoms with Crippen molar-refractivity contribution in [2.75, 3.05) is 32.7 Å². The summed E-state index contributed by atoms with van der Waals surface area (Å²) in [7, 11) is 0. The SMILES string of the molecule is CC1(C)O[C@H]2[C@H](OC3CCCC3)O[C@H](CN3CCC(NCC(=O)N4CCC[C@H]4C#N)CC3)[C@H]2O1. The molecule has 0 spiro atoms. The number of nitrogens with one attached hydrogen (secondary N) is 1. The summed E-state index contributed by atoms with van der Waals surface area (Å²) in [5, 5.41) is 12.6. The maximum absolute atomic E-state index is 12.5. The normalized spacial score (nSPS) is 36.7. The summed E-state index contributed by atoms with van der Waals surface area (Å²) in [5.74, 6) is -0.566. The molecule has 5 aliphatic rings. The highest BCUT2D eigenvalue weighted by molar-refractivity contribution is 5.79. The minimum absolute atomic E-state index is 0.0474. The highest BCUT2D eigenvalue weighted by atomic mass is 16.8. The Hall–Kier alpha value is -1.28. The lowest BCUT2D eigenvalue weighted by Gasteiger charge is -2.35. The zero-order valence-corrected chi connectivity index (χ0v) is 20.6. The molecule has 1 aliphatic carbocycles. The standard InChI is InChI=1S/C25H40N4O5/c1-25(2)33-22-20(32-24(23(22)34-25)31-19-7-3-4-8-19)16-28-12-9-17(10-13-28)27-15-21(30)29-11-5-6-18(29)14-26/h17-20,22-24,27H,3-13,15-16H2,1-2H3/t18-,20+,22+,23+,24+/m0/s1. The molecule has 1 N–H and O–H groups in total. The zero-order chi connectivity index (χ0) is 23.7. The van der Waals surface area contributed by atoms with Crippen molar-refractivity contribution in [3.05, 3.63) is 0 Å². The molecule has 0 aromatic rings. The molecule has 0 radical (unpaired) electrons. The number of likely N-dealkylation sites (tertiary alicyclic amines) is 2. The molecule has 9 heteroatoms. The Balaban J connectivity index is 1.08. The van der Waals surface area contributed by atoms with Gasteiger partial charge in [0.05, 0.1) is 18.7 Å². The summed E-state index contributed by atoms with van der Waals surface area (Å²) in [6.07, 6.45) is 7.91. The molecule has 190 valence electrons. The van der Waals surface area contributed by atoms with E-state index in [1.165, 1.54) is 12.8 Å². The van der Waals surface area contributed by atoms with Crippen molar-refractivity contribution in [1.82, 2.24) is 15.1 Å². The first-order chi connectivity index (χ1) is 16.4. The smallest absolute Gasteiger partial charge is 0.237 e. The molecule has 34 heavy (non-hydrogen) atoms. The predicted molar refractivity (Wildman–Crippen MR) is 124 cm³/mol. The first-order valence-corrected chi connectivity index (χ1v) is 13.2. The largest absolute Gasteiger partial charge is 0.347 e. The van der Waals surface area contributed by atoms with E-state index in [0.29, 0.717) is 19.1 Å². The maximum atomic E-state index is 12.5. The number of carbonyl (C=O) groups is 1. The lowest BCUT2D eigenvalue weighted by molar-refractivity contribution is -0.245. The van der Waals surface area contributed by atoms with Crippen molar-refractivity contribution >= 4 is 5.91 Å². The van der Waals surface area contributed by atoms with Crippen LogP contribution >= 0.6 is 0 Å². The molecule has 5 atom stereocenters. The quantitative estimate of drug-likeness (QED) is 0.594. The Labute approximate surface area is 203 Å². The van der Waals surface area contributed by atoms with Gasteiger partial charge in [0.15, 0.2) is 12.1 Å². The van der Waals surface area contributed by atoms with E-state index >= 15 is 0 Å². The molecule has 0 aromatic carbocycles. The van der Waals surface area contributed by atoms with Gasteiger partial charge in [0.25, 0.3) is 0 Å². The van der Waals surface area contributed by atoms with Crippen LogP contribution in [0.4, 0.5) is 0 Å². The average molecular weight is 477 g/mol. The fraction of sp³-hybridized carbons (Fsp3) is 0.920. The second-order valence-electron chi connectivity index (χ2n) is 11.0. The number of carbonyl (C=O) groups excluding carboxylic acids is 1. The highest BCUT2D eigenvalue weighted by Crippen LogP contribution is 2.40. The first kappa shape index (κ1) is 24.4. The number of nitrogens with zero attached hydrogens (tertiary/aromatic N) is 3. The van der Waals surface area contributed by atoms with E-state index in [-0.39, 0.29) is 42.7 Å². The summed E-state index contributed by atoms with van der Waals surface area (Å²) in [4.78, 5) is 16.7. The number of ether oxygens (including phenoxy) is 4. The minimum atomic E-state index is -0.613. The Kier molecular flexibility index (Phi) is 7.45. The van der Waals surface area contributed by atoms with Gasteiger partial charge < -0.3 is 34.1 Å². The number of hydrogen-bond donors (Lipinski definition) is 1. The van der Waals surface area contributed by atoms with Crippen molar-refractivity contribution < 1.29 is 23.7 Å². The molecule has 9 nitrogen and oxygen atoms in total. The van der Waals surface area contributed by atoms with E-state index in [2.05, 4.69) is 16.3 Å². The maximum Gasteiger partial charge on any atom is 0.237 e. The van der Waals surface area contributed by atoms with E-state index in [9.17, 15) is 10.1 Å². The molecular formula is C25H40N4O5. The second-order valence-corrected chi connectivity index (χ2v) is 11.0. The third-order valence-electron chi connectivity index (χ3n) is 8.03. The van der Waals surface area contributed by atoms with E-state index in [1.807, 2.05) is 13.8 Å². The van der Waals surface area contributed by atoms with Crippen LogP contribution in [0, 0.1) is 11.3 Å². The molecule has 5 rings (SSSR count). The molecule has 0 aromatic heterocycles. The number of hydrogen-bond acceptors (Lipinski definition) is 8. The summed E-state index contributed by atoms with van der Waals surface area (Å²) < 4.78 is 25.1. The van der Waals surface area contributed by atoms with Crippen molar-refractivity contribution in [1.29, 1.82) is 5.26 Å². The van der Waals surface area contributed by atoms with E-state index < -0.39 is 5.79 Å². The second kappa shape index (κ2) is 10.4. The van der Waals surface area contributed by atoms with Gasteiger partial charge in [0.1, 0.15) is 24.4 Å². The number of rotatable bonds is 7. The topological polar surface area (TPSA) is 96.3 Å². The highest BCUT2D eigenvalue weighted by Gasteiger charge is 2.56. The van der Waals surface area contributed by atoms with Crippen molar-refractivity contribution in [2.24, 2.45) is 0 Å². The number of fused-ring (bicyclic) bond motifs is 1. The summed E-state index contributed by atoms with van der Waals surface area (Å²) >= 11 is 0. The molecular weight excluding hydrogens is 436 g/mol. The van der Waals surface area contributed by atoms with E-state index in [0.717, 1.165) is 58.2 Å². The van der Waals surface area contributed by atoms with Crippen LogP contribution in [0.1, 0.15) is 65.2 Å². The van der Waals surface area contributed by atoms with E-state index in [1.54, 1.807) is 4.90 Å². The molecule has 4 aliphatic heterocycles. The Bertz CT molecular complexity index is 759. The zero-order valence-electron chi connectivity index (χ0n) is 20.6. The van der Waals surface area contributed by atoms with Crippen LogP contribution in [0.2, 0.25) is 0 Å². The fourth-order valence-electron chi connectivity index (χ4n) is 6.22. The lowest BCUT2D eigenvalue weighted by Crippen LogP contribution is -2.49. The van der Waals surface area contributed by atoms with Crippen LogP contribution in [0.5, 0.6) is 0 Å². The monoisotopic (exact) mass is 476 g/mol. The van der Waals surface area contributed by atoms with Gasteiger partial charge in [0, 0.05) is 19.1 Å².